The number of nitrogens with zero attached hydrogens (tertiary/aromatic N) is 3. The van der Waals surface area contributed by atoms with Crippen molar-refractivity contribution in [3.63, 3.8) is 0 Å². The summed E-state index contributed by atoms with van der Waals surface area (Å²) in [6.07, 6.45) is 4.21. The summed E-state index contributed by atoms with van der Waals surface area (Å²) in [5, 5.41) is 13.8. The van der Waals surface area contributed by atoms with E-state index in [2.05, 4.69) is 29.9 Å². The number of likely N-dealkylation sites (tertiary alicyclic amines) is 1. The average Bonchev–Trinajstić information content (AvgIpc) is 2.99. The van der Waals surface area contributed by atoms with Gasteiger partial charge >= 0.3 is 5.97 Å². The van der Waals surface area contributed by atoms with Crippen LogP contribution in [0.1, 0.15) is 45.3 Å². The Hall–Kier alpha value is -1.36. The van der Waals surface area contributed by atoms with E-state index in [0.717, 1.165) is 31.6 Å². The lowest BCUT2D eigenvalue weighted by atomic mass is 9.99. The van der Waals surface area contributed by atoms with E-state index in [1.165, 1.54) is 0 Å². The molecule has 1 aromatic rings. The SMILES string of the molecule is CCC(CC)n1ccc(CN2C[C@@H](C)[C@H](C(=O)O)C2)n1. The molecule has 0 aromatic carbocycles. The van der Waals surface area contributed by atoms with E-state index < -0.39 is 5.97 Å². The lowest BCUT2D eigenvalue weighted by Crippen LogP contribution is -2.23. The molecule has 2 heterocycles. The smallest absolute Gasteiger partial charge is 0.308 e. The number of aliphatic carboxylic acids is 1. The van der Waals surface area contributed by atoms with E-state index in [1.54, 1.807) is 0 Å². The first-order valence-corrected chi connectivity index (χ1v) is 7.54. The van der Waals surface area contributed by atoms with E-state index in [-0.39, 0.29) is 11.8 Å². The minimum absolute atomic E-state index is 0.216. The van der Waals surface area contributed by atoms with Crippen molar-refractivity contribution in [1.29, 1.82) is 0 Å². The zero-order valence-corrected chi connectivity index (χ0v) is 12.6. The molecule has 2 atom stereocenters. The van der Waals surface area contributed by atoms with Crippen molar-refractivity contribution in [1.82, 2.24) is 14.7 Å². The number of rotatable bonds is 6. The molecule has 1 N–H and O–H groups in total. The lowest BCUT2D eigenvalue weighted by Gasteiger charge is -2.14. The van der Waals surface area contributed by atoms with E-state index in [4.69, 9.17) is 5.11 Å². The Morgan fingerprint density at radius 2 is 2.15 bits per heavy atom. The predicted octanol–water partition coefficient (Wildman–Crippen LogP) is 2.40. The van der Waals surface area contributed by atoms with Gasteiger partial charge in [-0.15, -0.1) is 0 Å². The molecule has 1 saturated heterocycles. The highest BCUT2D eigenvalue weighted by atomic mass is 16.4. The Morgan fingerprint density at radius 3 is 2.70 bits per heavy atom. The fourth-order valence-corrected chi connectivity index (χ4v) is 3.07. The molecule has 0 unspecified atom stereocenters. The molecule has 5 nitrogen and oxygen atoms in total. The molecule has 112 valence electrons. The summed E-state index contributed by atoms with van der Waals surface area (Å²) < 4.78 is 2.05. The van der Waals surface area contributed by atoms with Crippen LogP contribution in [-0.2, 0) is 11.3 Å². The van der Waals surface area contributed by atoms with Crippen LogP contribution in [-0.4, -0.2) is 38.8 Å². The van der Waals surface area contributed by atoms with E-state index in [1.807, 2.05) is 17.8 Å². The molecule has 0 spiro atoms. The van der Waals surface area contributed by atoms with Gasteiger partial charge in [-0.25, -0.2) is 0 Å². The minimum Gasteiger partial charge on any atom is -0.481 e. The third-order valence-corrected chi connectivity index (χ3v) is 4.37. The van der Waals surface area contributed by atoms with Gasteiger partial charge in [-0.05, 0) is 24.8 Å². The zero-order chi connectivity index (χ0) is 14.7. The van der Waals surface area contributed by atoms with Crippen molar-refractivity contribution in [2.45, 2.75) is 46.2 Å². The second kappa shape index (κ2) is 6.39. The molecular weight excluding hydrogens is 254 g/mol. The van der Waals surface area contributed by atoms with Gasteiger partial charge in [0.15, 0.2) is 0 Å². The zero-order valence-electron chi connectivity index (χ0n) is 12.6. The molecule has 0 saturated carbocycles. The topological polar surface area (TPSA) is 58.4 Å². The summed E-state index contributed by atoms with van der Waals surface area (Å²) in [6.45, 7) is 8.59. The highest BCUT2D eigenvalue weighted by Crippen LogP contribution is 2.24. The molecule has 0 bridgehead atoms. The number of hydrogen-bond donors (Lipinski definition) is 1. The Kier molecular flexibility index (Phi) is 4.81. The van der Waals surface area contributed by atoms with Crippen LogP contribution in [0.4, 0.5) is 0 Å². The summed E-state index contributed by atoms with van der Waals surface area (Å²) in [5.41, 5.74) is 1.04. The monoisotopic (exact) mass is 279 g/mol. The van der Waals surface area contributed by atoms with Crippen LogP contribution >= 0.6 is 0 Å². The maximum absolute atomic E-state index is 11.1. The summed E-state index contributed by atoms with van der Waals surface area (Å²) in [6, 6.07) is 2.52. The minimum atomic E-state index is -0.678. The fourth-order valence-electron chi connectivity index (χ4n) is 3.07. The predicted molar refractivity (Wildman–Crippen MR) is 77.4 cm³/mol. The maximum atomic E-state index is 11.1. The van der Waals surface area contributed by atoms with Gasteiger partial charge in [-0.1, -0.05) is 20.8 Å². The molecular formula is C15H25N3O2. The molecule has 1 aliphatic heterocycles. The van der Waals surface area contributed by atoms with Crippen molar-refractivity contribution in [3.8, 4) is 0 Å². The van der Waals surface area contributed by atoms with E-state index in [0.29, 0.717) is 12.6 Å². The van der Waals surface area contributed by atoms with Crippen molar-refractivity contribution >= 4 is 5.97 Å². The highest BCUT2D eigenvalue weighted by Gasteiger charge is 2.34. The second-order valence-electron chi connectivity index (χ2n) is 5.87. The van der Waals surface area contributed by atoms with Crippen molar-refractivity contribution in [2.75, 3.05) is 13.1 Å². The number of aromatic nitrogens is 2. The van der Waals surface area contributed by atoms with Gasteiger partial charge in [-0.2, -0.15) is 5.10 Å². The van der Waals surface area contributed by atoms with Gasteiger partial charge in [0.2, 0.25) is 0 Å². The quantitative estimate of drug-likeness (QED) is 0.868. The van der Waals surface area contributed by atoms with E-state index in [9.17, 15) is 4.79 Å². The first-order chi connectivity index (χ1) is 9.55. The van der Waals surface area contributed by atoms with Crippen LogP contribution in [0, 0.1) is 11.8 Å². The maximum Gasteiger partial charge on any atom is 0.308 e. The van der Waals surface area contributed by atoms with Crippen molar-refractivity contribution < 1.29 is 9.90 Å². The Morgan fingerprint density at radius 1 is 1.45 bits per heavy atom. The lowest BCUT2D eigenvalue weighted by molar-refractivity contribution is -0.142. The van der Waals surface area contributed by atoms with Crippen LogP contribution in [0.15, 0.2) is 12.3 Å². The molecule has 2 rings (SSSR count). The number of carbonyl (C=O) groups is 1. The summed E-state index contributed by atoms with van der Waals surface area (Å²) in [4.78, 5) is 13.3. The second-order valence-corrected chi connectivity index (χ2v) is 5.87. The van der Waals surface area contributed by atoms with Crippen LogP contribution in [0.2, 0.25) is 0 Å². The van der Waals surface area contributed by atoms with Crippen molar-refractivity contribution in [3.05, 3.63) is 18.0 Å². The first-order valence-electron chi connectivity index (χ1n) is 7.54. The molecule has 20 heavy (non-hydrogen) atoms. The highest BCUT2D eigenvalue weighted by molar-refractivity contribution is 5.71. The van der Waals surface area contributed by atoms with Crippen LogP contribution in [0.3, 0.4) is 0 Å². The Balaban J connectivity index is 1.96. The standard InChI is InChI=1S/C15H25N3O2/c1-4-13(5-2)18-7-6-12(16-18)9-17-8-11(3)14(10-17)15(19)20/h6-7,11,13-14H,4-5,8-10H2,1-3H3,(H,19,20)/t11-,14-/m1/s1. The van der Waals surface area contributed by atoms with Gasteiger partial charge in [0, 0.05) is 25.8 Å². The molecule has 0 radical (unpaired) electrons. The van der Waals surface area contributed by atoms with E-state index >= 15 is 0 Å². The van der Waals surface area contributed by atoms with Crippen molar-refractivity contribution in [2.24, 2.45) is 11.8 Å². The summed E-state index contributed by atoms with van der Waals surface area (Å²) >= 11 is 0. The first kappa shape index (κ1) is 15.0. The largest absolute Gasteiger partial charge is 0.481 e. The van der Waals surface area contributed by atoms with Gasteiger partial charge in [0.05, 0.1) is 17.7 Å². The normalized spacial score (nSPS) is 23.6. The molecule has 1 aliphatic rings. The third kappa shape index (κ3) is 3.20. The number of hydrogen-bond acceptors (Lipinski definition) is 3. The van der Waals surface area contributed by atoms with Crippen LogP contribution in [0.25, 0.3) is 0 Å². The van der Waals surface area contributed by atoms with Crippen LogP contribution in [0.5, 0.6) is 0 Å². The Bertz CT molecular complexity index is 454. The van der Waals surface area contributed by atoms with Gasteiger partial charge in [-0.3, -0.25) is 14.4 Å². The number of carboxylic acids is 1. The third-order valence-electron chi connectivity index (χ3n) is 4.37. The summed E-state index contributed by atoms with van der Waals surface area (Å²) in [7, 11) is 0. The average molecular weight is 279 g/mol. The van der Waals surface area contributed by atoms with Gasteiger partial charge in [0.25, 0.3) is 0 Å². The molecule has 1 fully saturated rings. The van der Waals surface area contributed by atoms with Gasteiger partial charge < -0.3 is 5.11 Å². The molecule has 0 amide bonds. The molecule has 5 heteroatoms. The Labute approximate surface area is 120 Å². The molecule has 0 aliphatic carbocycles. The summed E-state index contributed by atoms with van der Waals surface area (Å²) in [5.74, 6) is -0.702. The number of carboxylic acid groups (broad SMARTS) is 1. The molecule has 1 aromatic heterocycles. The van der Waals surface area contributed by atoms with Crippen LogP contribution < -0.4 is 0 Å². The fraction of sp³-hybridized carbons (Fsp3) is 0.733. The van der Waals surface area contributed by atoms with Gasteiger partial charge in [0.1, 0.15) is 0 Å².